The average molecular weight is 357 g/mol. The summed E-state index contributed by atoms with van der Waals surface area (Å²) < 4.78 is 12.0. The monoisotopic (exact) mass is 356 g/mol. The highest BCUT2D eigenvalue weighted by molar-refractivity contribution is 6.32. The van der Waals surface area contributed by atoms with Crippen molar-refractivity contribution in [2.75, 3.05) is 14.2 Å². The molecule has 3 rings (SSSR count). The van der Waals surface area contributed by atoms with Gasteiger partial charge in [-0.2, -0.15) is 5.10 Å². The van der Waals surface area contributed by atoms with Gasteiger partial charge in [0.25, 0.3) is 5.56 Å². The van der Waals surface area contributed by atoms with Gasteiger partial charge in [0.15, 0.2) is 11.5 Å². The van der Waals surface area contributed by atoms with E-state index in [0.29, 0.717) is 28.8 Å². The van der Waals surface area contributed by atoms with Crippen LogP contribution in [0.4, 0.5) is 0 Å². The second-order valence-electron chi connectivity index (χ2n) is 5.39. The Bertz CT molecular complexity index is 939. The van der Waals surface area contributed by atoms with Crippen LogP contribution in [-0.2, 0) is 6.54 Å². The van der Waals surface area contributed by atoms with Crippen LogP contribution in [0.1, 0.15) is 5.56 Å². The molecule has 25 heavy (non-hydrogen) atoms. The molecule has 1 aromatic heterocycles. The van der Waals surface area contributed by atoms with Gasteiger partial charge in [0.2, 0.25) is 0 Å². The molecule has 0 fully saturated rings. The highest BCUT2D eigenvalue weighted by atomic mass is 35.5. The molecule has 0 amide bonds. The molecular formula is C19H17ClN2O3. The third-order valence-corrected chi connectivity index (χ3v) is 4.07. The van der Waals surface area contributed by atoms with Gasteiger partial charge in [-0.1, -0.05) is 41.9 Å². The van der Waals surface area contributed by atoms with E-state index in [-0.39, 0.29) is 5.56 Å². The maximum atomic E-state index is 12.2. The average Bonchev–Trinajstić information content (AvgIpc) is 2.64. The third kappa shape index (κ3) is 3.67. The van der Waals surface area contributed by atoms with Crippen LogP contribution in [0.25, 0.3) is 11.3 Å². The summed E-state index contributed by atoms with van der Waals surface area (Å²) >= 11 is 6.26. The van der Waals surface area contributed by atoms with Crippen LogP contribution in [0.5, 0.6) is 11.5 Å². The quantitative estimate of drug-likeness (QED) is 0.700. The summed E-state index contributed by atoms with van der Waals surface area (Å²) in [7, 11) is 3.13. The molecule has 6 heteroatoms. The summed E-state index contributed by atoms with van der Waals surface area (Å²) in [5.74, 6) is 1.18. The Balaban J connectivity index is 2.05. The van der Waals surface area contributed by atoms with Gasteiger partial charge in [-0.3, -0.25) is 4.79 Å². The molecule has 0 spiro atoms. The third-order valence-electron chi connectivity index (χ3n) is 3.78. The lowest BCUT2D eigenvalue weighted by atomic mass is 10.1. The molecule has 3 aromatic rings. The maximum absolute atomic E-state index is 12.2. The lowest BCUT2D eigenvalue weighted by molar-refractivity contribution is 0.355. The number of aromatic nitrogens is 2. The largest absolute Gasteiger partial charge is 0.493 e. The fourth-order valence-electron chi connectivity index (χ4n) is 2.52. The first-order chi connectivity index (χ1) is 12.1. The van der Waals surface area contributed by atoms with Crippen molar-refractivity contribution >= 4 is 11.6 Å². The van der Waals surface area contributed by atoms with Crippen LogP contribution in [0.15, 0.2) is 59.4 Å². The van der Waals surface area contributed by atoms with Crippen molar-refractivity contribution in [3.63, 3.8) is 0 Å². The van der Waals surface area contributed by atoms with E-state index >= 15 is 0 Å². The Morgan fingerprint density at radius 2 is 1.72 bits per heavy atom. The van der Waals surface area contributed by atoms with Gasteiger partial charge in [0, 0.05) is 11.6 Å². The van der Waals surface area contributed by atoms with Crippen LogP contribution in [-0.4, -0.2) is 24.0 Å². The Morgan fingerprint density at radius 3 is 2.40 bits per heavy atom. The molecule has 0 unspecified atom stereocenters. The summed E-state index contributed by atoms with van der Waals surface area (Å²) in [6.45, 7) is 0.372. The van der Waals surface area contributed by atoms with Crippen LogP contribution >= 0.6 is 11.6 Å². The molecule has 0 radical (unpaired) electrons. The number of rotatable bonds is 5. The van der Waals surface area contributed by atoms with Gasteiger partial charge in [-0.15, -0.1) is 0 Å². The van der Waals surface area contributed by atoms with E-state index in [1.807, 2.05) is 36.4 Å². The number of methoxy groups -OCH3 is 2. The molecule has 0 saturated heterocycles. The molecule has 0 aliphatic carbocycles. The van der Waals surface area contributed by atoms with Crippen LogP contribution < -0.4 is 15.0 Å². The van der Waals surface area contributed by atoms with E-state index in [2.05, 4.69) is 5.10 Å². The van der Waals surface area contributed by atoms with E-state index in [1.165, 1.54) is 10.7 Å². The number of halogens is 1. The van der Waals surface area contributed by atoms with Gasteiger partial charge in [0.05, 0.1) is 25.8 Å². The molecule has 0 aliphatic heterocycles. The molecule has 5 nitrogen and oxygen atoms in total. The minimum Gasteiger partial charge on any atom is -0.493 e. The van der Waals surface area contributed by atoms with Gasteiger partial charge in [-0.05, 0) is 23.8 Å². The summed E-state index contributed by atoms with van der Waals surface area (Å²) in [6, 6.07) is 16.4. The van der Waals surface area contributed by atoms with Crippen molar-refractivity contribution in [1.29, 1.82) is 0 Å². The SMILES string of the molecule is COc1ccc(-c2nn(Cc3ccccc3)c(=O)cc2Cl)cc1OC. The van der Waals surface area contributed by atoms with Crippen LogP contribution in [0.2, 0.25) is 5.02 Å². The van der Waals surface area contributed by atoms with E-state index in [9.17, 15) is 4.79 Å². The Kier molecular flexibility index (Phi) is 5.05. The highest BCUT2D eigenvalue weighted by Gasteiger charge is 2.13. The zero-order chi connectivity index (χ0) is 17.8. The standard InChI is InChI=1S/C19H17ClN2O3/c1-24-16-9-8-14(10-17(16)25-2)19-15(20)11-18(23)22(21-19)12-13-6-4-3-5-7-13/h3-11H,12H2,1-2H3. The molecular weight excluding hydrogens is 340 g/mol. The fraction of sp³-hybridized carbons (Fsp3) is 0.158. The van der Waals surface area contributed by atoms with Gasteiger partial charge in [-0.25, -0.2) is 4.68 Å². The molecule has 2 aromatic carbocycles. The van der Waals surface area contributed by atoms with Crippen molar-refractivity contribution in [1.82, 2.24) is 9.78 Å². The first-order valence-electron chi connectivity index (χ1n) is 7.66. The summed E-state index contributed by atoms with van der Waals surface area (Å²) in [4.78, 5) is 12.2. The Morgan fingerprint density at radius 1 is 1.00 bits per heavy atom. The van der Waals surface area contributed by atoms with Crippen molar-refractivity contribution in [2.45, 2.75) is 6.54 Å². The number of benzene rings is 2. The van der Waals surface area contributed by atoms with Crippen LogP contribution in [0, 0.1) is 0 Å². The first-order valence-corrected chi connectivity index (χ1v) is 8.04. The number of nitrogens with zero attached hydrogens (tertiary/aromatic N) is 2. The molecule has 0 aliphatic rings. The maximum Gasteiger partial charge on any atom is 0.268 e. The van der Waals surface area contributed by atoms with Gasteiger partial charge >= 0.3 is 0 Å². The normalized spacial score (nSPS) is 10.5. The van der Waals surface area contributed by atoms with Crippen molar-refractivity contribution < 1.29 is 9.47 Å². The van der Waals surface area contributed by atoms with E-state index < -0.39 is 0 Å². The van der Waals surface area contributed by atoms with Crippen LogP contribution in [0.3, 0.4) is 0 Å². The molecule has 1 heterocycles. The molecule has 128 valence electrons. The lowest BCUT2D eigenvalue weighted by Gasteiger charge is -2.12. The smallest absolute Gasteiger partial charge is 0.268 e. The molecule has 0 atom stereocenters. The minimum absolute atomic E-state index is 0.252. The summed E-state index contributed by atoms with van der Waals surface area (Å²) in [6.07, 6.45) is 0. The summed E-state index contributed by atoms with van der Waals surface area (Å²) in [5.41, 5.74) is 1.98. The van der Waals surface area contributed by atoms with Crippen molar-refractivity contribution in [3.05, 3.63) is 75.5 Å². The fourth-order valence-corrected chi connectivity index (χ4v) is 2.76. The molecule has 0 N–H and O–H groups in total. The van der Waals surface area contributed by atoms with E-state index in [0.717, 1.165) is 11.1 Å². The lowest BCUT2D eigenvalue weighted by Crippen LogP contribution is -2.23. The van der Waals surface area contributed by atoms with Crippen molar-refractivity contribution in [2.24, 2.45) is 0 Å². The Labute approximate surface area is 150 Å². The predicted octanol–water partition coefficient (Wildman–Crippen LogP) is 3.63. The van der Waals surface area contributed by atoms with Gasteiger partial charge in [0.1, 0.15) is 5.69 Å². The summed E-state index contributed by atoms with van der Waals surface area (Å²) in [5, 5.41) is 4.74. The second kappa shape index (κ2) is 7.40. The predicted molar refractivity (Wildman–Crippen MR) is 97.6 cm³/mol. The van der Waals surface area contributed by atoms with Gasteiger partial charge < -0.3 is 9.47 Å². The zero-order valence-corrected chi connectivity index (χ0v) is 14.7. The minimum atomic E-state index is -0.252. The first kappa shape index (κ1) is 17.0. The molecule has 0 saturated carbocycles. The number of hydrogen-bond acceptors (Lipinski definition) is 4. The van der Waals surface area contributed by atoms with Crippen molar-refractivity contribution in [3.8, 4) is 22.8 Å². The molecule has 0 bridgehead atoms. The number of hydrogen-bond donors (Lipinski definition) is 0. The Hall–Kier alpha value is -2.79. The second-order valence-corrected chi connectivity index (χ2v) is 5.80. The number of ether oxygens (including phenoxy) is 2. The zero-order valence-electron chi connectivity index (χ0n) is 13.9. The highest BCUT2D eigenvalue weighted by Crippen LogP contribution is 2.33. The van der Waals surface area contributed by atoms with E-state index in [4.69, 9.17) is 21.1 Å². The van der Waals surface area contributed by atoms with E-state index in [1.54, 1.807) is 26.4 Å². The topological polar surface area (TPSA) is 53.4 Å².